The number of carbonyl (C=O) groups is 1. The van der Waals surface area contributed by atoms with Gasteiger partial charge in [-0.05, 0) is 0 Å². The topological polar surface area (TPSA) is 76.0 Å². The van der Waals surface area contributed by atoms with Crippen molar-refractivity contribution in [3.8, 4) is 0 Å². The molecule has 0 bridgehead atoms. The van der Waals surface area contributed by atoms with E-state index >= 15 is 0 Å². The Bertz CT molecular complexity index is 197. The van der Waals surface area contributed by atoms with Crippen LogP contribution in [0, 0.1) is 0 Å². The summed E-state index contributed by atoms with van der Waals surface area (Å²) in [7, 11) is 0. The maximum Gasteiger partial charge on any atom is 0.303 e. The molecule has 0 saturated carbocycles. The van der Waals surface area contributed by atoms with Crippen molar-refractivity contribution < 1.29 is 24.5 Å². The first kappa shape index (κ1) is 10.7. The third kappa shape index (κ3) is 2.54. The summed E-state index contributed by atoms with van der Waals surface area (Å²) in [5, 5.41) is 18.5. The van der Waals surface area contributed by atoms with Gasteiger partial charge in [0.05, 0.1) is 6.61 Å². The summed E-state index contributed by atoms with van der Waals surface area (Å²) in [6.07, 6.45) is -3.28. The van der Waals surface area contributed by atoms with Gasteiger partial charge in [0.1, 0.15) is 12.2 Å². The SMILES string of the molecule is CC(=O)O[C@@H]1[C@H](O)[C@H](O)CO[C@H]1Cl. The van der Waals surface area contributed by atoms with E-state index in [1.54, 1.807) is 0 Å². The summed E-state index contributed by atoms with van der Waals surface area (Å²) in [6, 6.07) is 0. The summed E-state index contributed by atoms with van der Waals surface area (Å²) in [5.41, 5.74) is -0.915. The van der Waals surface area contributed by atoms with Gasteiger partial charge in [-0.1, -0.05) is 11.6 Å². The monoisotopic (exact) mass is 210 g/mol. The number of alkyl halides is 1. The van der Waals surface area contributed by atoms with Crippen molar-refractivity contribution in [1.29, 1.82) is 0 Å². The van der Waals surface area contributed by atoms with Crippen LogP contribution in [0.5, 0.6) is 0 Å². The number of hydrogen-bond acceptors (Lipinski definition) is 5. The van der Waals surface area contributed by atoms with Crippen LogP contribution in [0.2, 0.25) is 0 Å². The van der Waals surface area contributed by atoms with E-state index in [0.717, 1.165) is 0 Å². The molecule has 1 fully saturated rings. The number of aliphatic hydroxyl groups excluding tert-OH is 2. The van der Waals surface area contributed by atoms with Gasteiger partial charge in [-0.2, -0.15) is 0 Å². The molecule has 1 rings (SSSR count). The molecule has 1 heterocycles. The smallest absolute Gasteiger partial charge is 0.303 e. The zero-order valence-electron chi connectivity index (χ0n) is 7.01. The molecular formula is C7H11ClO5. The molecule has 0 aromatic rings. The fourth-order valence-electron chi connectivity index (χ4n) is 1.07. The maximum atomic E-state index is 10.6. The quantitative estimate of drug-likeness (QED) is 0.439. The summed E-state index contributed by atoms with van der Waals surface area (Å²) >= 11 is 5.62. The molecule has 0 unspecified atom stereocenters. The highest BCUT2D eigenvalue weighted by molar-refractivity contribution is 6.20. The van der Waals surface area contributed by atoms with E-state index in [9.17, 15) is 9.90 Å². The van der Waals surface area contributed by atoms with Gasteiger partial charge in [-0.3, -0.25) is 4.79 Å². The molecule has 1 saturated heterocycles. The molecule has 0 radical (unpaired) electrons. The second-order valence-corrected chi connectivity index (χ2v) is 3.25. The molecule has 1 aliphatic heterocycles. The minimum Gasteiger partial charge on any atom is -0.456 e. The third-order valence-electron chi connectivity index (χ3n) is 1.72. The van der Waals surface area contributed by atoms with Gasteiger partial charge in [0, 0.05) is 6.92 Å². The number of aliphatic hydroxyl groups is 2. The van der Waals surface area contributed by atoms with Crippen LogP contribution in [0.1, 0.15) is 6.92 Å². The zero-order chi connectivity index (χ0) is 10.0. The first-order valence-electron chi connectivity index (χ1n) is 3.81. The molecular weight excluding hydrogens is 200 g/mol. The van der Waals surface area contributed by atoms with Crippen LogP contribution in [-0.2, 0) is 14.3 Å². The van der Waals surface area contributed by atoms with Crippen molar-refractivity contribution in [3.63, 3.8) is 0 Å². The second kappa shape index (κ2) is 4.23. The average Bonchev–Trinajstić information content (AvgIpc) is 2.05. The van der Waals surface area contributed by atoms with E-state index in [-0.39, 0.29) is 6.61 Å². The Morgan fingerprint density at radius 2 is 2.23 bits per heavy atom. The van der Waals surface area contributed by atoms with E-state index < -0.39 is 29.8 Å². The zero-order valence-corrected chi connectivity index (χ0v) is 7.77. The minimum atomic E-state index is -1.19. The lowest BCUT2D eigenvalue weighted by atomic mass is 10.1. The lowest BCUT2D eigenvalue weighted by Crippen LogP contribution is -2.52. The van der Waals surface area contributed by atoms with Crippen LogP contribution in [0.15, 0.2) is 0 Å². The molecule has 0 amide bonds. The molecule has 13 heavy (non-hydrogen) atoms. The van der Waals surface area contributed by atoms with Gasteiger partial charge in [-0.15, -0.1) is 0 Å². The molecule has 5 nitrogen and oxygen atoms in total. The number of rotatable bonds is 1. The Hall–Kier alpha value is -0.360. The minimum absolute atomic E-state index is 0.0624. The maximum absolute atomic E-state index is 10.6. The second-order valence-electron chi connectivity index (χ2n) is 2.82. The van der Waals surface area contributed by atoms with E-state index in [1.807, 2.05) is 0 Å². The number of hydrogen-bond donors (Lipinski definition) is 2. The number of ether oxygens (including phenoxy) is 2. The van der Waals surface area contributed by atoms with E-state index in [1.165, 1.54) is 6.92 Å². The number of carbonyl (C=O) groups excluding carboxylic acids is 1. The van der Waals surface area contributed by atoms with Gasteiger partial charge < -0.3 is 19.7 Å². The first-order chi connectivity index (χ1) is 6.02. The summed E-state index contributed by atoms with van der Waals surface area (Å²) in [6.45, 7) is 1.13. The molecule has 0 aliphatic carbocycles. The fourth-order valence-corrected chi connectivity index (χ4v) is 1.35. The number of esters is 1. The van der Waals surface area contributed by atoms with Gasteiger partial charge in [0.25, 0.3) is 0 Å². The van der Waals surface area contributed by atoms with Gasteiger partial charge in [0.15, 0.2) is 11.7 Å². The lowest BCUT2D eigenvalue weighted by Gasteiger charge is -2.34. The molecule has 1 aliphatic rings. The molecule has 2 N–H and O–H groups in total. The average molecular weight is 211 g/mol. The van der Waals surface area contributed by atoms with Gasteiger partial charge in [0.2, 0.25) is 0 Å². The summed E-state index contributed by atoms with van der Waals surface area (Å²) < 4.78 is 9.53. The molecule has 6 heteroatoms. The van der Waals surface area contributed by atoms with Crippen LogP contribution >= 0.6 is 11.6 Å². The van der Waals surface area contributed by atoms with Crippen LogP contribution in [0.3, 0.4) is 0 Å². The lowest BCUT2D eigenvalue weighted by molar-refractivity contribution is -0.191. The highest BCUT2D eigenvalue weighted by atomic mass is 35.5. The van der Waals surface area contributed by atoms with Crippen LogP contribution in [0.25, 0.3) is 0 Å². The van der Waals surface area contributed by atoms with Crippen molar-refractivity contribution in [1.82, 2.24) is 0 Å². The normalized spacial score (nSPS) is 40.0. The molecule has 76 valence electrons. The Balaban J connectivity index is 2.60. The predicted molar refractivity (Wildman–Crippen MR) is 43.2 cm³/mol. The Morgan fingerprint density at radius 3 is 2.77 bits per heavy atom. The summed E-state index contributed by atoms with van der Waals surface area (Å²) in [4.78, 5) is 10.6. The Morgan fingerprint density at radius 1 is 1.62 bits per heavy atom. The van der Waals surface area contributed by atoms with Crippen molar-refractivity contribution in [2.75, 3.05) is 6.61 Å². The largest absolute Gasteiger partial charge is 0.456 e. The van der Waals surface area contributed by atoms with Gasteiger partial charge in [-0.25, -0.2) is 0 Å². The predicted octanol–water partition coefficient (Wildman–Crippen LogP) is -0.765. The highest BCUT2D eigenvalue weighted by Crippen LogP contribution is 2.21. The molecule has 0 spiro atoms. The van der Waals surface area contributed by atoms with Crippen molar-refractivity contribution in [2.45, 2.75) is 30.8 Å². The van der Waals surface area contributed by atoms with Crippen molar-refractivity contribution in [2.24, 2.45) is 0 Å². The van der Waals surface area contributed by atoms with Crippen LogP contribution in [-0.4, -0.2) is 46.7 Å². The van der Waals surface area contributed by atoms with E-state index in [2.05, 4.69) is 4.74 Å². The standard InChI is InChI=1S/C7H11ClO5/c1-3(9)13-6-5(11)4(10)2-12-7(6)8/h4-7,10-11H,2H2,1H3/t4-,5-,6-,7-/m1/s1. The van der Waals surface area contributed by atoms with Gasteiger partial charge >= 0.3 is 5.97 Å². The number of halogens is 1. The van der Waals surface area contributed by atoms with E-state index in [4.69, 9.17) is 21.4 Å². The molecule has 0 aromatic carbocycles. The van der Waals surface area contributed by atoms with Crippen LogP contribution in [0.4, 0.5) is 0 Å². The van der Waals surface area contributed by atoms with E-state index in [0.29, 0.717) is 0 Å². The first-order valence-corrected chi connectivity index (χ1v) is 4.25. The van der Waals surface area contributed by atoms with Crippen molar-refractivity contribution in [3.05, 3.63) is 0 Å². The summed E-state index contributed by atoms with van der Waals surface area (Å²) in [5.74, 6) is -0.576. The molecule has 4 atom stereocenters. The van der Waals surface area contributed by atoms with Crippen LogP contribution < -0.4 is 0 Å². The Kier molecular flexibility index (Phi) is 3.49. The third-order valence-corrected chi connectivity index (χ3v) is 2.09. The molecule has 0 aromatic heterocycles. The Labute approximate surface area is 80.2 Å². The highest BCUT2D eigenvalue weighted by Gasteiger charge is 2.40. The van der Waals surface area contributed by atoms with Crippen molar-refractivity contribution >= 4 is 17.6 Å². The fraction of sp³-hybridized carbons (Fsp3) is 0.857.